The lowest BCUT2D eigenvalue weighted by Gasteiger charge is -2.37. The molecule has 3 saturated heterocycles. The number of imide groups is 1. The van der Waals surface area contributed by atoms with Crippen LogP contribution < -0.4 is 10.6 Å². The van der Waals surface area contributed by atoms with E-state index < -0.39 is 11.8 Å². The van der Waals surface area contributed by atoms with E-state index in [1.165, 1.54) is 88.2 Å². The van der Waals surface area contributed by atoms with E-state index in [1.54, 1.807) is 11.0 Å². The Labute approximate surface area is 406 Å². The summed E-state index contributed by atoms with van der Waals surface area (Å²) >= 11 is 0. The van der Waals surface area contributed by atoms with Gasteiger partial charge in [-0.05, 0) is 151 Å². The summed E-state index contributed by atoms with van der Waals surface area (Å²) in [6.45, 7) is 23.0. The van der Waals surface area contributed by atoms with Gasteiger partial charge in [0, 0.05) is 49.8 Å². The number of carbonyl (C=O) groups is 3. The van der Waals surface area contributed by atoms with Gasteiger partial charge in [-0.1, -0.05) is 95.0 Å². The quantitative estimate of drug-likeness (QED) is 0.190. The molecule has 2 saturated carbocycles. The highest BCUT2D eigenvalue weighted by Crippen LogP contribution is 2.36. The van der Waals surface area contributed by atoms with Crippen LogP contribution in [0.2, 0.25) is 0 Å². The predicted octanol–water partition coefficient (Wildman–Crippen LogP) is 10.4. The molecule has 4 aliphatic heterocycles. The Balaban J connectivity index is 0.000000222. The van der Waals surface area contributed by atoms with Crippen molar-refractivity contribution in [3.05, 3.63) is 101 Å². The van der Waals surface area contributed by atoms with Crippen LogP contribution in [0.1, 0.15) is 159 Å². The van der Waals surface area contributed by atoms with Gasteiger partial charge in [0.15, 0.2) is 0 Å². The molecule has 6 aliphatic rings. The molecular formula is C56H80FN7O4. The van der Waals surface area contributed by atoms with E-state index >= 15 is 0 Å². The molecule has 12 heteroatoms. The Hall–Kier alpha value is -4.78. The number of nitrogens with zero attached hydrogens (tertiary/aromatic N) is 5. The number of hydrogen-bond donors (Lipinski definition) is 3. The monoisotopic (exact) mass is 934 g/mol. The van der Waals surface area contributed by atoms with Gasteiger partial charge >= 0.3 is 0 Å². The summed E-state index contributed by atoms with van der Waals surface area (Å²) < 4.78 is 14.3. The maximum atomic E-state index is 14.3. The van der Waals surface area contributed by atoms with Crippen molar-refractivity contribution in [2.24, 2.45) is 16.8 Å². The van der Waals surface area contributed by atoms with Crippen molar-refractivity contribution in [2.75, 3.05) is 45.1 Å². The zero-order valence-electron chi connectivity index (χ0n) is 42.1. The first-order chi connectivity index (χ1) is 32.6. The van der Waals surface area contributed by atoms with Crippen LogP contribution in [0.25, 0.3) is 5.57 Å². The van der Waals surface area contributed by atoms with Crippen molar-refractivity contribution < 1.29 is 23.9 Å². The number of pyridine rings is 1. The minimum atomic E-state index is -1.33. The molecule has 5 heterocycles. The first kappa shape index (κ1) is 52.6. The second-order valence-electron chi connectivity index (χ2n) is 20.3. The third-order valence-electron chi connectivity index (χ3n) is 15.1. The van der Waals surface area contributed by atoms with E-state index in [4.69, 9.17) is 4.99 Å². The van der Waals surface area contributed by atoms with Crippen LogP contribution in [0.15, 0.2) is 83.8 Å². The SMILES string of the molecule is C=C(/N=C1\C(=C/C)C=C(C(C)F)C(=O)N1C1CCCC1)Nc1ccc(C2CCN(CC3CCCCC3)CC2)cn1.C=C(C)c1ccc(C2(O)CCN(C)CC2)cc1CC.CC1CCC(=O)NC1=O. The Bertz CT molecular complexity index is 2170. The summed E-state index contributed by atoms with van der Waals surface area (Å²) in [6.07, 6.45) is 21.3. The van der Waals surface area contributed by atoms with Gasteiger partial charge in [-0.25, -0.2) is 14.4 Å². The Morgan fingerprint density at radius 2 is 1.66 bits per heavy atom. The number of nitrogens with one attached hydrogen (secondary N) is 2. The molecule has 0 radical (unpaired) electrons. The molecule has 2 aliphatic carbocycles. The van der Waals surface area contributed by atoms with Crippen LogP contribution in [0.4, 0.5) is 10.2 Å². The summed E-state index contributed by atoms with van der Waals surface area (Å²) in [7, 11) is 2.11. The topological polar surface area (TPSA) is 130 Å². The molecule has 1 aromatic carbocycles. The molecule has 3 N–H and O–H groups in total. The summed E-state index contributed by atoms with van der Waals surface area (Å²) in [5.41, 5.74) is 6.26. The number of amidine groups is 1. The Morgan fingerprint density at radius 3 is 2.24 bits per heavy atom. The fourth-order valence-electron chi connectivity index (χ4n) is 10.7. The fourth-order valence-corrected chi connectivity index (χ4v) is 10.7. The van der Waals surface area contributed by atoms with Crippen LogP contribution in [0.3, 0.4) is 0 Å². The summed E-state index contributed by atoms with van der Waals surface area (Å²) in [5.74, 6) is 2.54. The largest absolute Gasteiger partial charge is 0.385 e. The van der Waals surface area contributed by atoms with E-state index in [0.29, 0.717) is 36.2 Å². The Morgan fingerprint density at radius 1 is 0.985 bits per heavy atom. The normalized spacial score (nSPS) is 23.8. The number of allylic oxidation sites excluding steroid dienone is 2. The number of anilines is 1. The number of aliphatic hydroxyl groups is 1. The molecule has 2 atom stereocenters. The molecule has 8 rings (SSSR count). The highest BCUT2D eigenvalue weighted by atomic mass is 19.1. The minimum absolute atomic E-state index is 0.0164. The number of likely N-dealkylation sites (tertiary alicyclic amines) is 2. The van der Waals surface area contributed by atoms with Crippen molar-refractivity contribution in [2.45, 2.75) is 161 Å². The lowest BCUT2D eigenvalue weighted by Crippen LogP contribution is -2.48. The minimum Gasteiger partial charge on any atom is -0.385 e. The van der Waals surface area contributed by atoms with Crippen LogP contribution in [0.5, 0.6) is 0 Å². The van der Waals surface area contributed by atoms with Crippen molar-refractivity contribution in [3.63, 3.8) is 0 Å². The van der Waals surface area contributed by atoms with E-state index in [0.717, 1.165) is 80.7 Å². The fraction of sp³-hybridized carbons (Fsp3) is 0.589. The number of halogens is 1. The van der Waals surface area contributed by atoms with Crippen molar-refractivity contribution in [1.29, 1.82) is 0 Å². The third kappa shape index (κ3) is 13.9. The lowest BCUT2D eigenvalue weighted by molar-refractivity contribution is -0.136. The molecule has 3 amide bonds. The molecule has 0 bridgehead atoms. The third-order valence-corrected chi connectivity index (χ3v) is 15.1. The molecule has 2 unspecified atom stereocenters. The van der Waals surface area contributed by atoms with Gasteiger partial charge < -0.3 is 20.2 Å². The summed E-state index contributed by atoms with van der Waals surface area (Å²) in [6, 6.07) is 10.6. The first-order valence-electron chi connectivity index (χ1n) is 25.7. The van der Waals surface area contributed by atoms with Gasteiger partial charge in [0.1, 0.15) is 23.6 Å². The second-order valence-corrected chi connectivity index (χ2v) is 20.3. The highest BCUT2D eigenvalue weighted by Gasteiger charge is 2.38. The highest BCUT2D eigenvalue weighted by molar-refractivity contribution is 6.18. The molecule has 68 heavy (non-hydrogen) atoms. The number of hydrogen-bond acceptors (Lipinski definition) is 9. The number of aliphatic imine (C=N–C) groups is 1. The maximum absolute atomic E-state index is 14.3. The predicted molar refractivity (Wildman–Crippen MR) is 274 cm³/mol. The van der Waals surface area contributed by atoms with Crippen LogP contribution >= 0.6 is 0 Å². The molecule has 0 spiro atoms. The van der Waals surface area contributed by atoms with E-state index in [9.17, 15) is 23.9 Å². The van der Waals surface area contributed by atoms with Gasteiger partial charge in [-0.2, -0.15) is 0 Å². The van der Waals surface area contributed by atoms with Gasteiger partial charge in [-0.15, -0.1) is 0 Å². The van der Waals surface area contributed by atoms with Gasteiger partial charge in [0.05, 0.1) is 11.2 Å². The zero-order valence-corrected chi connectivity index (χ0v) is 42.1. The van der Waals surface area contributed by atoms with E-state index in [1.807, 2.05) is 39.1 Å². The second kappa shape index (κ2) is 24.7. The smallest absolute Gasteiger partial charge is 0.258 e. The van der Waals surface area contributed by atoms with Gasteiger partial charge in [0.2, 0.25) is 11.8 Å². The molecule has 370 valence electrons. The Kier molecular flexibility index (Phi) is 19.1. The summed E-state index contributed by atoms with van der Waals surface area (Å²) in [4.78, 5) is 50.6. The van der Waals surface area contributed by atoms with Crippen molar-refractivity contribution in [1.82, 2.24) is 25.0 Å². The number of aryl methyl sites for hydroxylation is 1. The van der Waals surface area contributed by atoms with Gasteiger partial charge in [-0.3, -0.25) is 24.6 Å². The number of alkyl halides is 1. The number of carbonyl (C=O) groups excluding carboxylic acids is 3. The van der Waals surface area contributed by atoms with E-state index in [-0.39, 0.29) is 35.3 Å². The standard InChI is InChI=1S/C33H46FN5O.C17H25NO.C6H9NO2/c1-4-26-20-30(23(2)34)33(40)39(29-12-8-9-13-29)32(26)37-24(3)36-31-15-14-28(21-35-31)27-16-18-38(19-17-27)22-25-10-6-5-7-11-25;1-5-14-12-15(6-7-16(14)13(2)3)17(19)8-10-18(4)11-9-17;1-4-2-3-5(8)7-6(4)9/h4,14-15,20-21,23,25,27,29H,3,5-13,16-19,22H2,1-2H3,(H,35,36);6-7,12,19H,2,5,8-11H2,1,3-4H3;4H,2-3H2,1H3,(H,7,8,9)/b26-4-,37-32+;;. The zero-order chi connectivity index (χ0) is 49.0. The van der Waals surface area contributed by atoms with Crippen molar-refractivity contribution >= 4 is 34.9 Å². The molecular weight excluding hydrogens is 854 g/mol. The number of aromatic nitrogens is 1. The maximum Gasteiger partial charge on any atom is 0.258 e. The van der Waals surface area contributed by atoms with Crippen LogP contribution in [-0.4, -0.2) is 100 Å². The molecule has 1 aromatic heterocycles. The number of rotatable bonds is 11. The first-order valence-corrected chi connectivity index (χ1v) is 25.7. The lowest BCUT2D eigenvalue weighted by atomic mass is 9.82. The average molecular weight is 934 g/mol. The van der Waals surface area contributed by atoms with Gasteiger partial charge in [0.25, 0.3) is 5.91 Å². The summed E-state index contributed by atoms with van der Waals surface area (Å²) in [5, 5.41) is 16.3. The molecule has 5 fully saturated rings. The number of amides is 3. The molecule has 11 nitrogen and oxygen atoms in total. The van der Waals surface area contributed by atoms with Crippen molar-refractivity contribution in [3.8, 4) is 0 Å². The van der Waals surface area contributed by atoms with Crippen LogP contribution in [0, 0.1) is 11.8 Å². The average Bonchev–Trinajstić information content (AvgIpc) is 3.87. The molecule has 2 aromatic rings. The number of benzene rings is 1. The van der Waals surface area contributed by atoms with Crippen LogP contribution in [-0.2, 0) is 26.4 Å². The number of piperidine rings is 3. The van der Waals surface area contributed by atoms with E-state index in [2.05, 4.69) is 76.8 Å².